The van der Waals surface area contributed by atoms with Crippen LogP contribution in [-0.4, -0.2) is 42.4 Å². The molecule has 4 atom stereocenters. The molecule has 98 valence electrons. The van der Waals surface area contributed by atoms with Crippen LogP contribution in [0.5, 0.6) is 0 Å². The maximum atomic E-state index is 11.2. The maximum Gasteiger partial charge on any atom is 0.407 e. The lowest BCUT2D eigenvalue weighted by atomic mass is 10.0. The first kappa shape index (κ1) is 13.0. The Hall–Kier alpha value is -0.460. The number of hydrogen-bond donors (Lipinski definition) is 2. The van der Waals surface area contributed by atoms with Gasteiger partial charge < -0.3 is 10.1 Å². The highest BCUT2D eigenvalue weighted by Gasteiger charge is 2.47. The second-order valence-electron chi connectivity index (χ2n) is 4.48. The van der Waals surface area contributed by atoms with Crippen LogP contribution in [0.2, 0.25) is 0 Å². The van der Waals surface area contributed by atoms with Gasteiger partial charge in [0, 0.05) is 5.75 Å². The summed E-state index contributed by atoms with van der Waals surface area (Å²) in [6.07, 6.45) is 3.36. The van der Waals surface area contributed by atoms with Gasteiger partial charge >= 0.3 is 6.09 Å². The van der Waals surface area contributed by atoms with Gasteiger partial charge in [-0.15, -0.1) is 0 Å². The topological polar surface area (TPSA) is 59.6 Å². The summed E-state index contributed by atoms with van der Waals surface area (Å²) < 4.78 is 4.62. The standard InChI is InChI=1S/C11H20N2O3S/c1-3-4-5-8-10-9(13-16-8)7(6-17-10)12-11(14)15-2/h7-10,13H,3-6H2,1-2H3,(H,12,14)/t7-,8-,9+,10+/m0/s1. The summed E-state index contributed by atoms with van der Waals surface area (Å²) in [6.45, 7) is 2.18. The molecule has 1 amide bonds. The molecule has 0 aliphatic carbocycles. The lowest BCUT2D eigenvalue weighted by Crippen LogP contribution is -2.48. The highest BCUT2D eigenvalue weighted by Crippen LogP contribution is 2.36. The van der Waals surface area contributed by atoms with Crippen molar-refractivity contribution in [1.29, 1.82) is 0 Å². The summed E-state index contributed by atoms with van der Waals surface area (Å²) in [7, 11) is 1.39. The molecule has 5 nitrogen and oxygen atoms in total. The number of alkyl carbamates (subject to hydrolysis) is 1. The molecular weight excluding hydrogens is 240 g/mol. The predicted octanol–water partition coefficient (Wildman–Crippen LogP) is 1.29. The number of carbonyl (C=O) groups excluding carboxylic acids is 1. The third-order valence-corrected chi connectivity index (χ3v) is 4.84. The van der Waals surface area contributed by atoms with Crippen molar-refractivity contribution in [3.05, 3.63) is 0 Å². The number of thioether (sulfide) groups is 1. The van der Waals surface area contributed by atoms with E-state index >= 15 is 0 Å². The zero-order valence-corrected chi connectivity index (χ0v) is 11.1. The van der Waals surface area contributed by atoms with Crippen molar-refractivity contribution in [2.75, 3.05) is 12.9 Å². The number of rotatable bonds is 4. The molecule has 2 aliphatic rings. The van der Waals surface area contributed by atoms with E-state index in [2.05, 4.69) is 22.5 Å². The molecule has 0 saturated carbocycles. The first-order chi connectivity index (χ1) is 8.26. The number of hydrogen-bond acceptors (Lipinski definition) is 5. The van der Waals surface area contributed by atoms with Crippen molar-refractivity contribution in [3.8, 4) is 0 Å². The van der Waals surface area contributed by atoms with Crippen molar-refractivity contribution < 1.29 is 14.4 Å². The lowest BCUT2D eigenvalue weighted by Gasteiger charge is -2.17. The van der Waals surface area contributed by atoms with Crippen molar-refractivity contribution in [2.24, 2.45) is 0 Å². The molecule has 6 heteroatoms. The fourth-order valence-corrected chi connectivity index (χ4v) is 3.92. The number of fused-ring (bicyclic) bond motifs is 1. The SMILES string of the molecule is CCCC[C@@H]1ON[C@H]2[C@@H]1SC[C@@H]2NC(=O)OC. The summed E-state index contributed by atoms with van der Waals surface area (Å²) in [5, 5.41) is 3.30. The van der Waals surface area contributed by atoms with Crippen LogP contribution < -0.4 is 10.8 Å². The molecule has 0 unspecified atom stereocenters. The number of methoxy groups -OCH3 is 1. The quantitative estimate of drug-likeness (QED) is 0.797. The predicted molar refractivity (Wildman–Crippen MR) is 66.9 cm³/mol. The fourth-order valence-electron chi connectivity index (χ4n) is 2.34. The van der Waals surface area contributed by atoms with Gasteiger partial charge in [-0.05, 0) is 6.42 Å². The summed E-state index contributed by atoms with van der Waals surface area (Å²) in [5.41, 5.74) is 3.07. The third kappa shape index (κ3) is 2.86. The monoisotopic (exact) mass is 260 g/mol. The molecule has 2 saturated heterocycles. The van der Waals surface area contributed by atoms with E-state index in [1.54, 1.807) is 0 Å². The Morgan fingerprint density at radius 3 is 3.18 bits per heavy atom. The van der Waals surface area contributed by atoms with Gasteiger partial charge in [0.05, 0.1) is 30.5 Å². The average Bonchev–Trinajstić information content (AvgIpc) is 2.90. The van der Waals surface area contributed by atoms with Crippen molar-refractivity contribution in [1.82, 2.24) is 10.8 Å². The van der Waals surface area contributed by atoms with E-state index in [4.69, 9.17) is 4.84 Å². The van der Waals surface area contributed by atoms with Gasteiger partial charge in [-0.25, -0.2) is 4.79 Å². The van der Waals surface area contributed by atoms with Gasteiger partial charge in [0.2, 0.25) is 0 Å². The molecule has 0 aromatic heterocycles. The van der Waals surface area contributed by atoms with Crippen LogP contribution in [0.1, 0.15) is 26.2 Å². The average molecular weight is 260 g/mol. The number of nitrogens with one attached hydrogen (secondary N) is 2. The molecule has 0 radical (unpaired) electrons. The van der Waals surface area contributed by atoms with Crippen LogP contribution in [0.4, 0.5) is 4.79 Å². The Bertz CT molecular complexity index is 277. The summed E-state index contributed by atoms with van der Waals surface area (Å²) >= 11 is 1.87. The molecule has 2 fully saturated rings. The van der Waals surface area contributed by atoms with Gasteiger partial charge in [-0.3, -0.25) is 4.84 Å². The normalized spacial score (nSPS) is 35.6. The van der Waals surface area contributed by atoms with Crippen LogP contribution in [0, 0.1) is 0 Å². The minimum atomic E-state index is -0.366. The fraction of sp³-hybridized carbons (Fsp3) is 0.909. The molecule has 0 aromatic carbocycles. The molecular formula is C11H20N2O3S. The third-order valence-electron chi connectivity index (χ3n) is 3.31. The molecule has 17 heavy (non-hydrogen) atoms. The highest BCUT2D eigenvalue weighted by molar-refractivity contribution is 8.00. The van der Waals surface area contributed by atoms with E-state index in [0.29, 0.717) is 5.25 Å². The van der Waals surface area contributed by atoms with Crippen LogP contribution in [-0.2, 0) is 9.57 Å². The Morgan fingerprint density at radius 1 is 1.65 bits per heavy atom. The van der Waals surface area contributed by atoms with E-state index in [1.807, 2.05) is 11.8 Å². The summed E-state index contributed by atoms with van der Waals surface area (Å²) in [4.78, 5) is 16.8. The van der Waals surface area contributed by atoms with E-state index in [-0.39, 0.29) is 24.3 Å². The second kappa shape index (κ2) is 5.93. The smallest absolute Gasteiger partial charge is 0.407 e. The van der Waals surface area contributed by atoms with Crippen LogP contribution in [0.15, 0.2) is 0 Å². The van der Waals surface area contributed by atoms with E-state index < -0.39 is 0 Å². The molecule has 0 aromatic rings. The van der Waals surface area contributed by atoms with E-state index in [9.17, 15) is 4.79 Å². The minimum absolute atomic E-state index is 0.101. The highest BCUT2D eigenvalue weighted by atomic mass is 32.2. The largest absolute Gasteiger partial charge is 0.453 e. The first-order valence-electron chi connectivity index (χ1n) is 6.13. The molecule has 2 N–H and O–H groups in total. The van der Waals surface area contributed by atoms with Gasteiger partial charge in [-0.2, -0.15) is 17.2 Å². The summed E-state index contributed by atoms with van der Waals surface area (Å²) in [5.74, 6) is 0.920. The van der Waals surface area contributed by atoms with Crippen LogP contribution in [0.3, 0.4) is 0 Å². The Labute approximate surface area is 106 Å². The second-order valence-corrected chi connectivity index (χ2v) is 5.69. The van der Waals surface area contributed by atoms with E-state index in [0.717, 1.165) is 12.2 Å². The molecule has 0 bridgehead atoms. The Kier molecular flexibility index (Phi) is 4.53. The Morgan fingerprint density at radius 2 is 2.47 bits per heavy atom. The van der Waals surface area contributed by atoms with Gasteiger partial charge in [0.15, 0.2) is 0 Å². The van der Waals surface area contributed by atoms with Gasteiger partial charge in [-0.1, -0.05) is 19.8 Å². The molecule has 2 aliphatic heterocycles. The number of carbonyl (C=O) groups is 1. The first-order valence-corrected chi connectivity index (χ1v) is 7.18. The zero-order chi connectivity index (χ0) is 12.3. The number of hydroxylamine groups is 1. The number of unbranched alkanes of at least 4 members (excludes halogenated alkanes) is 1. The van der Waals surface area contributed by atoms with Crippen LogP contribution >= 0.6 is 11.8 Å². The number of ether oxygens (including phenoxy) is 1. The lowest BCUT2D eigenvalue weighted by molar-refractivity contribution is 0.0189. The zero-order valence-electron chi connectivity index (χ0n) is 10.3. The number of amides is 1. The van der Waals surface area contributed by atoms with Gasteiger partial charge in [0.25, 0.3) is 0 Å². The van der Waals surface area contributed by atoms with Crippen molar-refractivity contribution in [3.63, 3.8) is 0 Å². The van der Waals surface area contributed by atoms with Gasteiger partial charge in [0.1, 0.15) is 0 Å². The van der Waals surface area contributed by atoms with Crippen molar-refractivity contribution >= 4 is 17.9 Å². The summed E-state index contributed by atoms with van der Waals surface area (Å²) in [6, 6.07) is 0.310. The Balaban J connectivity index is 1.86. The molecule has 2 heterocycles. The maximum absolute atomic E-state index is 11.2. The minimum Gasteiger partial charge on any atom is -0.453 e. The molecule has 0 spiro atoms. The van der Waals surface area contributed by atoms with E-state index in [1.165, 1.54) is 20.0 Å². The van der Waals surface area contributed by atoms with Crippen LogP contribution in [0.25, 0.3) is 0 Å². The molecule has 2 rings (SSSR count). The van der Waals surface area contributed by atoms with Crippen molar-refractivity contribution in [2.45, 2.75) is 49.6 Å².